The van der Waals surface area contributed by atoms with Crippen LogP contribution in [0, 0.1) is 0 Å². The first-order valence-corrected chi connectivity index (χ1v) is 9.24. The Labute approximate surface area is 133 Å². The van der Waals surface area contributed by atoms with Gasteiger partial charge in [0.05, 0.1) is 6.61 Å². The van der Waals surface area contributed by atoms with Crippen molar-refractivity contribution in [1.82, 2.24) is 10.6 Å². The molecule has 0 aliphatic carbocycles. The van der Waals surface area contributed by atoms with E-state index in [-0.39, 0.29) is 0 Å². The smallest absolute Gasteiger partial charge is 0.0587 e. The summed E-state index contributed by atoms with van der Waals surface area (Å²) in [6.07, 6.45) is 14.1. The van der Waals surface area contributed by atoms with Gasteiger partial charge in [0.1, 0.15) is 0 Å². The van der Waals surface area contributed by atoms with Crippen LogP contribution in [-0.4, -0.2) is 39.4 Å². The van der Waals surface area contributed by atoms with Gasteiger partial charge >= 0.3 is 0 Å². The van der Waals surface area contributed by atoms with Crippen LogP contribution in [0.5, 0.6) is 0 Å². The number of hydrogen-bond donors (Lipinski definition) is 2. The molecule has 3 nitrogen and oxygen atoms in total. The van der Waals surface area contributed by atoms with Crippen LogP contribution in [0.25, 0.3) is 0 Å². The lowest BCUT2D eigenvalue weighted by Crippen LogP contribution is -2.37. The van der Waals surface area contributed by atoms with Crippen LogP contribution in [0.2, 0.25) is 0 Å². The summed E-state index contributed by atoms with van der Waals surface area (Å²) in [6, 6.07) is 0.556. The molecule has 0 aromatic carbocycles. The van der Waals surface area contributed by atoms with Gasteiger partial charge in [0.2, 0.25) is 0 Å². The van der Waals surface area contributed by atoms with Gasteiger partial charge in [-0.3, -0.25) is 0 Å². The molecule has 1 unspecified atom stereocenters. The zero-order valence-corrected chi connectivity index (χ0v) is 14.9. The molecule has 21 heavy (non-hydrogen) atoms. The molecule has 0 saturated heterocycles. The van der Waals surface area contributed by atoms with E-state index in [2.05, 4.69) is 24.5 Å². The molecule has 0 aromatic heterocycles. The van der Waals surface area contributed by atoms with Gasteiger partial charge < -0.3 is 15.4 Å². The maximum absolute atomic E-state index is 5.01. The lowest BCUT2D eigenvalue weighted by Gasteiger charge is -2.14. The summed E-state index contributed by atoms with van der Waals surface area (Å²) in [6.45, 7) is 8.46. The van der Waals surface area contributed by atoms with Crippen LogP contribution in [0.3, 0.4) is 0 Å². The van der Waals surface area contributed by atoms with E-state index in [1.165, 1.54) is 64.2 Å². The third kappa shape index (κ3) is 17.8. The maximum Gasteiger partial charge on any atom is 0.0587 e. The summed E-state index contributed by atoms with van der Waals surface area (Å²) in [5, 5.41) is 6.97. The molecular formula is C18H40N2O. The Hall–Kier alpha value is -0.120. The highest BCUT2D eigenvalue weighted by Gasteiger charge is 1.99. The molecule has 128 valence electrons. The highest BCUT2D eigenvalue weighted by molar-refractivity contribution is 4.63. The first kappa shape index (κ1) is 20.9. The monoisotopic (exact) mass is 300 g/mol. The van der Waals surface area contributed by atoms with Crippen LogP contribution in [0.1, 0.15) is 78.1 Å². The Balaban J connectivity index is 3.07. The molecule has 0 heterocycles. The summed E-state index contributed by atoms with van der Waals surface area (Å²) < 4.78 is 5.01. The fraction of sp³-hybridized carbons (Fsp3) is 1.00. The molecule has 0 aliphatic heterocycles. The number of nitrogens with one attached hydrogen (secondary N) is 2. The van der Waals surface area contributed by atoms with Crippen molar-refractivity contribution in [3.05, 3.63) is 0 Å². The minimum absolute atomic E-state index is 0.556. The number of ether oxygens (including phenoxy) is 1. The van der Waals surface area contributed by atoms with Crippen molar-refractivity contribution in [2.45, 2.75) is 84.1 Å². The van der Waals surface area contributed by atoms with Crippen molar-refractivity contribution < 1.29 is 4.74 Å². The lowest BCUT2D eigenvalue weighted by molar-refractivity contribution is 0.198. The molecule has 0 rings (SSSR count). The van der Waals surface area contributed by atoms with Crippen LogP contribution in [-0.2, 0) is 4.74 Å². The van der Waals surface area contributed by atoms with E-state index >= 15 is 0 Å². The summed E-state index contributed by atoms with van der Waals surface area (Å²) in [7, 11) is 1.74. The van der Waals surface area contributed by atoms with E-state index in [0.717, 1.165) is 26.2 Å². The number of methoxy groups -OCH3 is 1. The second-order valence-corrected chi connectivity index (χ2v) is 6.23. The molecule has 0 saturated carbocycles. The third-order valence-electron chi connectivity index (χ3n) is 3.96. The largest absolute Gasteiger partial charge is 0.383 e. The highest BCUT2D eigenvalue weighted by atomic mass is 16.5. The van der Waals surface area contributed by atoms with Crippen LogP contribution >= 0.6 is 0 Å². The summed E-state index contributed by atoms with van der Waals surface area (Å²) in [4.78, 5) is 0. The number of rotatable bonds is 17. The van der Waals surface area contributed by atoms with Crippen molar-refractivity contribution >= 4 is 0 Å². The van der Waals surface area contributed by atoms with Crippen molar-refractivity contribution in [3.63, 3.8) is 0 Å². The molecule has 0 amide bonds. The Morgan fingerprint density at radius 3 is 1.95 bits per heavy atom. The van der Waals surface area contributed by atoms with Crippen molar-refractivity contribution in [2.24, 2.45) is 0 Å². The van der Waals surface area contributed by atoms with E-state index in [9.17, 15) is 0 Å². The molecule has 0 aliphatic rings. The first-order valence-electron chi connectivity index (χ1n) is 9.24. The predicted octanol–water partition coefficient (Wildman–Crippen LogP) is 4.12. The van der Waals surface area contributed by atoms with Crippen molar-refractivity contribution in [1.29, 1.82) is 0 Å². The second-order valence-electron chi connectivity index (χ2n) is 6.23. The van der Waals surface area contributed by atoms with E-state index in [1.807, 2.05) is 0 Å². The molecule has 0 radical (unpaired) electrons. The molecule has 2 N–H and O–H groups in total. The van der Waals surface area contributed by atoms with Crippen LogP contribution < -0.4 is 10.6 Å². The van der Waals surface area contributed by atoms with Crippen LogP contribution in [0.4, 0.5) is 0 Å². The van der Waals surface area contributed by atoms with Crippen molar-refractivity contribution in [2.75, 3.05) is 33.4 Å². The van der Waals surface area contributed by atoms with E-state index in [0.29, 0.717) is 6.04 Å². The van der Waals surface area contributed by atoms with Gasteiger partial charge in [-0.2, -0.15) is 0 Å². The van der Waals surface area contributed by atoms with Gasteiger partial charge in [-0.05, 0) is 19.9 Å². The topological polar surface area (TPSA) is 33.3 Å². The van der Waals surface area contributed by atoms with Gasteiger partial charge in [-0.25, -0.2) is 0 Å². The number of hydrogen-bond acceptors (Lipinski definition) is 3. The van der Waals surface area contributed by atoms with Gasteiger partial charge in [-0.1, -0.05) is 64.7 Å². The molecule has 3 heteroatoms. The fourth-order valence-corrected chi connectivity index (χ4v) is 2.53. The molecule has 0 bridgehead atoms. The highest BCUT2D eigenvalue weighted by Crippen LogP contribution is 2.10. The average Bonchev–Trinajstić information content (AvgIpc) is 2.49. The predicted molar refractivity (Wildman–Crippen MR) is 94.1 cm³/mol. The average molecular weight is 301 g/mol. The lowest BCUT2D eigenvalue weighted by atomic mass is 10.1. The Morgan fingerprint density at radius 1 is 0.810 bits per heavy atom. The van der Waals surface area contributed by atoms with Crippen molar-refractivity contribution in [3.8, 4) is 0 Å². The van der Waals surface area contributed by atoms with Gasteiger partial charge in [0.25, 0.3) is 0 Å². The van der Waals surface area contributed by atoms with Gasteiger partial charge in [0, 0.05) is 26.2 Å². The molecule has 0 aromatic rings. The van der Waals surface area contributed by atoms with E-state index < -0.39 is 0 Å². The minimum Gasteiger partial charge on any atom is -0.383 e. The van der Waals surface area contributed by atoms with Gasteiger partial charge in [0.15, 0.2) is 0 Å². The molecule has 1 atom stereocenters. The summed E-state index contributed by atoms with van der Waals surface area (Å²) >= 11 is 0. The Morgan fingerprint density at radius 2 is 1.38 bits per heavy atom. The van der Waals surface area contributed by atoms with E-state index in [4.69, 9.17) is 4.74 Å². The first-order chi connectivity index (χ1) is 10.3. The third-order valence-corrected chi connectivity index (χ3v) is 3.96. The van der Waals surface area contributed by atoms with E-state index in [1.54, 1.807) is 7.11 Å². The fourth-order valence-electron chi connectivity index (χ4n) is 2.53. The summed E-state index contributed by atoms with van der Waals surface area (Å²) in [5.74, 6) is 0. The Bertz CT molecular complexity index is 188. The number of unbranched alkanes of at least 4 members (excludes halogenated alkanes) is 9. The zero-order chi connectivity index (χ0) is 15.6. The maximum atomic E-state index is 5.01. The molecule has 0 fully saturated rings. The zero-order valence-electron chi connectivity index (χ0n) is 14.9. The molecular weight excluding hydrogens is 260 g/mol. The minimum atomic E-state index is 0.556. The molecule has 0 spiro atoms. The van der Waals surface area contributed by atoms with Crippen LogP contribution in [0.15, 0.2) is 0 Å². The normalized spacial score (nSPS) is 12.7. The standard InChI is InChI=1S/C18H40N2O/c1-4-5-6-7-8-9-10-11-12-13-14-20-18(2)17-19-15-16-21-3/h18-20H,4-17H2,1-3H3. The SMILES string of the molecule is CCCCCCCCCCCCNC(C)CNCCOC. The summed E-state index contributed by atoms with van der Waals surface area (Å²) in [5.41, 5.74) is 0. The second kappa shape index (κ2) is 17.9. The quantitative estimate of drug-likeness (QED) is 0.396. The Kier molecular flexibility index (Phi) is 17.8. The van der Waals surface area contributed by atoms with Gasteiger partial charge in [-0.15, -0.1) is 0 Å².